The SMILES string of the molecule is CN1c2ccc(-c3ccc(N(c4cccc5nonc45)c4ccc(-c5ccc6c(c5)c5ccccc5n6C)c5nonc45)c4nonc34)cc2C2C=CC=CC21. The van der Waals surface area contributed by atoms with Crippen LogP contribution >= 0.6 is 0 Å². The topological polar surface area (TPSA) is 128 Å². The van der Waals surface area contributed by atoms with E-state index in [1.165, 1.54) is 22.2 Å². The highest BCUT2D eigenvalue weighted by Gasteiger charge is 2.35. The fourth-order valence-electron chi connectivity index (χ4n) is 8.95. The van der Waals surface area contributed by atoms with Crippen LogP contribution in [0.4, 0.5) is 22.7 Å². The van der Waals surface area contributed by atoms with Gasteiger partial charge in [-0.25, -0.2) is 13.9 Å². The lowest BCUT2D eigenvalue weighted by molar-refractivity contribution is 0.315. The van der Waals surface area contributed by atoms with Gasteiger partial charge in [0.25, 0.3) is 0 Å². The molecule has 10 aromatic rings. The number of nitrogens with zero attached hydrogens (tertiary/aromatic N) is 9. The Morgan fingerprint density at radius 2 is 1.18 bits per heavy atom. The van der Waals surface area contributed by atoms with Crippen LogP contribution in [0.25, 0.3) is 77.2 Å². The normalized spacial score (nSPS) is 16.2. The Morgan fingerprint density at radius 1 is 0.536 bits per heavy atom. The highest BCUT2D eigenvalue weighted by atomic mass is 16.6. The van der Waals surface area contributed by atoms with Gasteiger partial charge in [-0.05, 0) is 114 Å². The highest BCUT2D eigenvalue weighted by molar-refractivity contribution is 6.12. The van der Waals surface area contributed by atoms with Crippen molar-refractivity contribution >= 4 is 77.7 Å². The van der Waals surface area contributed by atoms with Crippen molar-refractivity contribution in [2.75, 3.05) is 16.8 Å². The minimum atomic E-state index is 0.271. The van der Waals surface area contributed by atoms with Crippen LogP contribution in [0.2, 0.25) is 0 Å². The fourth-order valence-corrected chi connectivity index (χ4v) is 8.95. The van der Waals surface area contributed by atoms with Crippen LogP contribution in [0, 0.1) is 0 Å². The maximum absolute atomic E-state index is 5.52. The molecule has 0 saturated heterocycles. The maximum atomic E-state index is 5.52. The van der Waals surface area contributed by atoms with Gasteiger partial charge in [-0.1, -0.05) is 60.7 Å². The molecule has 2 atom stereocenters. The van der Waals surface area contributed by atoms with E-state index >= 15 is 0 Å². The molecule has 0 fully saturated rings. The van der Waals surface area contributed by atoms with Crippen molar-refractivity contribution in [3.8, 4) is 22.3 Å². The van der Waals surface area contributed by atoms with Gasteiger partial charge in [0.1, 0.15) is 16.6 Å². The molecule has 2 aliphatic rings. The van der Waals surface area contributed by atoms with E-state index in [0.717, 1.165) is 33.2 Å². The van der Waals surface area contributed by atoms with E-state index in [9.17, 15) is 0 Å². The second-order valence-electron chi connectivity index (χ2n) is 14.4. The molecule has 268 valence electrons. The minimum Gasteiger partial charge on any atom is -0.367 e. The van der Waals surface area contributed by atoms with E-state index in [2.05, 4.69) is 152 Å². The number of aromatic nitrogens is 7. The van der Waals surface area contributed by atoms with E-state index in [-0.39, 0.29) is 5.92 Å². The first-order valence-corrected chi connectivity index (χ1v) is 18.3. The van der Waals surface area contributed by atoms with Gasteiger partial charge < -0.3 is 14.4 Å². The first-order chi connectivity index (χ1) is 27.6. The molecule has 2 unspecified atom stereocenters. The van der Waals surface area contributed by atoms with Crippen LogP contribution in [0.5, 0.6) is 0 Å². The second-order valence-corrected chi connectivity index (χ2v) is 14.4. The summed E-state index contributed by atoms with van der Waals surface area (Å²) in [5, 5.41) is 28.8. The van der Waals surface area contributed by atoms with E-state index < -0.39 is 0 Å². The molecule has 12 nitrogen and oxygen atoms in total. The molecule has 12 rings (SSSR count). The third kappa shape index (κ3) is 4.23. The predicted octanol–water partition coefficient (Wildman–Crippen LogP) is 9.77. The van der Waals surface area contributed by atoms with Gasteiger partial charge in [0.15, 0.2) is 16.6 Å². The maximum Gasteiger partial charge on any atom is 0.159 e. The van der Waals surface area contributed by atoms with E-state index in [0.29, 0.717) is 56.2 Å². The van der Waals surface area contributed by atoms with Crippen LogP contribution in [0.1, 0.15) is 11.5 Å². The number of benzene rings is 6. The molecule has 5 heterocycles. The summed E-state index contributed by atoms with van der Waals surface area (Å²) in [6, 6.07) is 35.7. The smallest absolute Gasteiger partial charge is 0.159 e. The molecular formula is C44H29N9O3. The molecule has 6 aromatic carbocycles. The second kappa shape index (κ2) is 11.5. The summed E-state index contributed by atoms with van der Waals surface area (Å²) in [4.78, 5) is 4.36. The van der Waals surface area contributed by atoms with E-state index in [1.54, 1.807) is 0 Å². The van der Waals surface area contributed by atoms with E-state index in [4.69, 9.17) is 13.9 Å². The van der Waals surface area contributed by atoms with Gasteiger partial charge in [-0.15, -0.1) is 0 Å². The van der Waals surface area contributed by atoms with Crippen LogP contribution < -0.4 is 9.80 Å². The Balaban J connectivity index is 1.04. The molecular weight excluding hydrogens is 703 g/mol. The lowest BCUT2D eigenvalue weighted by atomic mass is 9.89. The van der Waals surface area contributed by atoms with Crippen LogP contribution in [-0.4, -0.2) is 48.6 Å². The number of hydrogen-bond acceptors (Lipinski definition) is 11. The average Bonchev–Trinajstić information content (AvgIpc) is 4.10. The fraction of sp³-hybridized carbons (Fsp3) is 0.0909. The third-order valence-electron chi connectivity index (χ3n) is 11.6. The molecule has 0 radical (unpaired) electrons. The number of para-hydroxylation sites is 1. The first-order valence-electron chi connectivity index (χ1n) is 18.3. The highest BCUT2D eigenvalue weighted by Crippen LogP contribution is 2.48. The number of aryl methyl sites for hydroxylation is 1. The Morgan fingerprint density at radius 3 is 1.98 bits per heavy atom. The van der Waals surface area contributed by atoms with Gasteiger partial charge in [0.05, 0.1) is 23.1 Å². The number of fused-ring (bicyclic) bond motifs is 9. The zero-order valence-electron chi connectivity index (χ0n) is 30.0. The molecule has 0 spiro atoms. The van der Waals surface area contributed by atoms with Crippen LogP contribution in [0.15, 0.2) is 141 Å². The number of rotatable bonds is 5. The van der Waals surface area contributed by atoms with Gasteiger partial charge in [0, 0.05) is 58.6 Å². The first kappa shape index (κ1) is 30.8. The molecule has 0 saturated carbocycles. The summed E-state index contributed by atoms with van der Waals surface area (Å²) < 4.78 is 18.5. The van der Waals surface area contributed by atoms with Crippen molar-refractivity contribution < 1.29 is 13.9 Å². The average molecular weight is 732 g/mol. The van der Waals surface area contributed by atoms with Crippen molar-refractivity contribution in [1.29, 1.82) is 0 Å². The Hall–Kier alpha value is -7.60. The largest absolute Gasteiger partial charge is 0.367 e. The molecule has 1 aliphatic carbocycles. The number of likely N-dealkylation sites (N-methyl/N-ethyl adjacent to an activating group) is 1. The van der Waals surface area contributed by atoms with Crippen molar-refractivity contribution in [2.24, 2.45) is 7.05 Å². The summed E-state index contributed by atoms with van der Waals surface area (Å²) in [7, 11) is 4.25. The monoisotopic (exact) mass is 731 g/mol. The molecule has 4 aromatic heterocycles. The lowest BCUT2D eigenvalue weighted by Crippen LogP contribution is -2.28. The van der Waals surface area contributed by atoms with Gasteiger partial charge >= 0.3 is 0 Å². The van der Waals surface area contributed by atoms with Gasteiger partial charge in [0.2, 0.25) is 0 Å². The molecule has 0 N–H and O–H groups in total. The molecule has 0 bridgehead atoms. The van der Waals surface area contributed by atoms with Crippen molar-refractivity contribution in [3.63, 3.8) is 0 Å². The predicted molar refractivity (Wildman–Crippen MR) is 215 cm³/mol. The van der Waals surface area contributed by atoms with Crippen molar-refractivity contribution in [1.82, 2.24) is 35.5 Å². The van der Waals surface area contributed by atoms with Crippen molar-refractivity contribution in [3.05, 3.63) is 133 Å². The zero-order valence-corrected chi connectivity index (χ0v) is 30.0. The third-order valence-corrected chi connectivity index (χ3v) is 11.6. The summed E-state index contributed by atoms with van der Waals surface area (Å²) in [5.41, 5.74) is 14.2. The lowest BCUT2D eigenvalue weighted by Gasteiger charge is -2.25. The zero-order chi connectivity index (χ0) is 37.1. The Bertz CT molecular complexity index is 3300. The summed E-state index contributed by atoms with van der Waals surface area (Å²) >= 11 is 0. The van der Waals surface area contributed by atoms with Gasteiger partial charge in [-0.3, -0.25) is 0 Å². The summed E-state index contributed by atoms with van der Waals surface area (Å²) in [5.74, 6) is 0.271. The quantitative estimate of drug-likeness (QED) is 0.168. The van der Waals surface area contributed by atoms with Crippen molar-refractivity contribution in [2.45, 2.75) is 12.0 Å². The number of hydrogen-bond donors (Lipinski definition) is 0. The molecule has 0 amide bonds. The Labute approximate surface area is 317 Å². The van der Waals surface area contributed by atoms with E-state index in [1.807, 2.05) is 35.2 Å². The molecule has 12 heteroatoms. The number of anilines is 4. The molecule has 1 aliphatic heterocycles. The summed E-state index contributed by atoms with van der Waals surface area (Å²) in [6.45, 7) is 0. The number of allylic oxidation sites excluding steroid dienone is 2. The Kier molecular flexibility index (Phi) is 6.30. The minimum absolute atomic E-state index is 0.271. The summed E-state index contributed by atoms with van der Waals surface area (Å²) in [6.07, 6.45) is 8.78. The van der Waals surface area contributed by atoms with Crippen LogP contribution in [0.3, 0.4) is 0 Å². The van der Waals surface area contributed by atoms with Gasteiger partial charge in [-0.2, -0.15) is 0 Å². The van der Waals surface area contributed by atoms with Crippen LogP contribution in [-0.2, 0) is 7.05 Å². The molecule has 56 heavy (non-hydrogen) atoms. The standard InChI is InChI=1S/C44H29N9O3/c1-51-33-11-5-3-8-28(33)30-22-24(14-18-35(30)51)26-16-20-38(43-40(26)46-55-49-43)53(37-13-7-10-32-42(37)48-54-45-32)39-21-17-27(41-44(39)50-56-47-41)25-15-19-36-31(23-25)29-9-4-6-12-34(29)52(36)2/h3-23,28,33H,1-2H3.